The summed E-state index contributed by atoms with van der Waals surface area (Å²) < 4.78 is 5.49. The van der Waals surface area contributed by atoms with Crippen molar-refractivity contribution < 1.29 is 14.3 Å². The third-order valence-electron chi connectivity index (χ3n) is 5.93. The van der Waals surface area contributed by atoms with Gasteiger partial charge in [0.15, 0.2) is 0 Å². The summed E-state index contributed by atoms with van der Waals surface area (Å²) in [5.74, 6) is 1.04. The van der Waals surface area contributed by atoms with Gasteiger partial charge in [0.05, 0.1) is 25.3 Å². The number of thioether (sulfide) groups is 1. The molecule has 3 aliphatic heterocycles. The molecule has 0 saturated carbocycles. The summed E-state index contributed by atoms with van der Waals surface area (Å²) in [4.78, 5) is 26.0. The zero-order chi connectivity index (χ0) is 20.2. The van der Waals surface area contributed by atoms with Gasteiger partial charge in [-0.15, -0.1) is 0 Å². The molecule has 4 atom stereocenters. The van der Waals surface area contributed by atoms with Crippen LogP contribution in [0.4, 0.5) is 16.2 Å². The van der Waals surface area contributed by atoms with Gasteiger partial charge in [-0.2, -0.15) is 11.8 Å². The molecule has 3 N–H and O–H groups in total. The Bertz CT molecular complexity index is 729. The van der Waals surface area contributed by atoms with E-state index in [1.807, 2.05) is 23.9 Å². The molecule has 8 heteroatoms. The Labute approximate surface area is 176 Å². The number of unbranched alkanes of at least 4 members (excludes halogenated alkanes) is 1. The Kier molecular flexibility index (Phi) is 6.50. The molecule has 0 radical (unpaired) electrons. The first-order valence-electron chi connectivity index (χ1n) is 10.5. The second kappa shape index (κ2) is 9.26. The van der Waals surface area contributed by atoms with Crippen LogP contribution in [0, 0.1) is 0 Å². The van der Waals surface area contributed by atoms with Crippen LogP contribution in [0.5, 0.6) is 0 Å². The average molecular weight is 419 g/mol. The Morgan fingerprint density at radius 2 is 2.10 bits per heavy atom. The number of ether oxygens (including phenoxy) is 1. The van der Waals surface area contributed by atoms with E-state index in [4.69, 9.17) is 4.74 Å². The Hall–Kier alpha value is -1.93. The predicted molar refractivity (Wildman–Crippen MR) is 117 cm³/mol. The van der Waals surface area contributed by atoms with Crippen molar-refractivity contribution in [3.05, 3.63) is 24.3 Å². The summed E-state index contributed by atoms with van der Waals surface area (Å²) in [6.45, 7) is 4.57. The fourth-order valence-corrected chi connectivity index (χ4v) is 5.89. The van der Waals surface area contributed by atoms with E-state index in [0.29, 0.717) is 17.7 Å². The standard InChI is InChI=1S/C21H30N4O3S/c1-14-12-28-11-10-25(14)16-8-6-15(7-9-16)22-19(26)5-3-2-4-18-20-17(13-29-18)23-21(27)24-20/h6-9,14,17-18,20H,2-5,10-13H2,1H3,(H,22,26)(H2,23,24,27)/t14-,17-,18+,20+/m1/s1. The number of nitrogens with zero attached hydrogens (tertiary/aromatic N) is 1. The van der Waals surface area contributed by atoms with Crippen molar-refractivity contribution in [2.75, 3.05) is 35.7 Å². The molecule has 7 nitrogen and oxygen atoms in total. The highest BCUT2D eigenvalue weighted by Gasteiger charge is 2.42. The minimum Gasteiger partial charge on any atom is -0.377 e. The van der Waals surface area contributed by atoms with Crippen molar-refractivity contribution >= 4 is 35.1 Å². The first kappa shape index (κ1) is 20.3. The number of hydrogen-bond acceptors (Lipinski definition) is 5. The Morgan fingerprint density at radius 1 is 1.28 bits per heavy atom. The van der Waals surface area contributed by atoms with Crippen LogP contribution in [0.15, 0.2) is 24.3 Å². The van der Waals surface area contributed by atoms with Crippen LogP contribution in [0.1, 0.15) is 32.6 Å². The van der Waals surface area contributed by atoms with E-state index in [0.717, 1.165) is 50.5 Å². The minimum absolute atomic E-state index is 0.0428. The van der Waals surface area contributed by atoms with Crippen LogP contribution < -0.4 is 20.9 Å². The molecule has 3 aliphatic rings. The van der Waals surface area contributed by atoms with Crippen LogP contribution in [0.25, 0.3) is 0 Å². The molecule has 0 spiro atoms. The molecule has 3 fully saturated rings. The van der Waals surface area contributed by atoms with Crippen molar-refractivity contribution in [1.82, 2.24) is 10.6 Å². The van der Waals surface area contributed by atoms with Gasteiger partial charge >= 0.3 is 6.03 Å². The first-order chi connectivity index (χ1) is 14.1. The van der Waals surface area contributed by atoms with E-state index in [1.54, 1.807) is 0 Å². The van der Waals surface area contributed by atoms with Crippen LogP contribution >= 0.6 is 11.8 Å². The highest BCUT2D eigenvalue weighted by molar-refractivity contribution is 8.00. The summed E-state index contributed by atoms with van der Waals surface area (Å²) in [5.41, 5.74) is 2.01. The van der Waals surface area contributed by atoms with Gasteiger partial charge in [-0.1, -0.05) is 6.42 Å². The molecule has 0 bridgehead atoms. The van der Waals surface area contributed by atoms with E-state index in [1.165, 1.54) is 5.69 Å². The third kappa shape index (κ3) is 4.98. The number of carbonyl (C=O) groups excluding carboxylic acids is 2. The van der Waals surface area contributed by atoms with Gasteiger partial charge in [0.2, 0.25) is 5.91 Å². The fourth-order valence-electron chi connectivity index (χ4n) is 4.34. The Balaban J connectivity index is 1.17. The molecule has 1 aromatic carbocycles. The monoisotopic (exact) mass is 418 g/mol. The highest BCUT2D eigenvalue weighted by atomic mass is 32.2. The van der Waals surface area contributed by atoms with Crippen LogP contribution in [0.3, 0.4) is 0 Å². The van der Waals surface area contributed by atoms with Gasteiger partial charge in [0.25, 0.3) is 0 Å². The molecule has 0 aliphatic carbocycles. The lowest BCUT2D eigenvalue weighted by Crippen LogP contribution is -2.43. The van der Waals surface area contributed by atoms with E-state index in [9.17, 15) is 9.59 Å². The molecule has 0 aromatic heterocycles. The van der Waals surface area contributed by atoms with Crippen molar-refractivity contribution in [2.24, 2.45) is 0 Å². The van der Waals surface area contributed by atoms with Crippen molar-refractivity contribution in [2.45, 2.75) is 56.0 Å². The summed E-state index contributed by atoms with van der Waals surface area (Å²) in [6.07, 6.45) is 3.43. The van der Waals surface area contributed by atoms with Gasteiger partial charge in [0, 0.05) is 41.4 Å². The first-order valence-corrected chi connectivity index (χ1v) is 11.6. The highest BCUT2D eigenvalue weighted by Crippen LogP contribution is 2.33. The summed E-state index contributed by atoms with van der Waals surface area (Å²) in [7, 11) is 0. The smallest absolute Gasteiger partial charge is 0.315 e. The zero-order valence-electron chi connectivity index (χ0n) is 16.9. The number of fused-ring (bicyclic) bond motifs is 1. The normalized spacial score (nSPS) is 28.6. The lowest BCUT2D eigenvalue weighted by molar-refractivity contribution is -0.116. The van der Waals surface area contributed by atoms with Crippen LogP contribution in [-0.4, -0.2) is 60.8 Å². The number of morpholine rings is 1. The maximum absolute atomic E-state index is 12.3. The van der Waals surface area contributed by atoms with Gasteiger partial charge in [-0.05, 0) is 44.0 Å². The lowest BCUT2D eigenvalue weighted by Gasteiger charge is -2.35. The molecule has 3 heterocycles. The van der Waals surface area contributed by atoms with Crippen molar-refractivity contribution in [3.8, 4) is 0 Å². The third-order valence-corrected chi connectivity index (χ3v) is 7.44. The lowest BCUT2D eigenvalue weighted by atomic mass is 10.0. The maximum atomic E-state index is 12.3. The van der Waals surface area contributed by atoms with E-state index >= 15 is 0 Å². The number of urea groups is 1. The Morgan fingerprint density at radius 3 is 2.90 bits per heavy atom. The number of nitrogens with one attached hydrogen (secondary N) is 3. The topological polar surface area (TPSA) is 82.7 Å². The molecule has 1 aromatic rings. The van der Waals surface area contributed by atoms with Crippen LogP contribution in [-0.2, 0) is 9.53 Å². The SMILES string of the molecule is C[C@@H]1COCCN1c1ccc(NC(=O)CCCC[C@@H]2SC[C@H]3NC(=O)N[C@H]23)cc1. The molecule has 3 saturated heterocycles. The van der Waals surface area contributed by atoms with E-state index in [-0.39, 0.29) is 24.0 Å². The van der Waals surface area contributed by atoms with Crippen molar-refractivity contribution in [3.63, 3.8) is 0 Å². The molecule has 0 unspecified atom stereocenters. The minimum atomic E-state index is -0.0428. The molecular weight excluding hydrogens is 388 g/mol. The maximum Gasteiger partial charge on any atom is 0.315 e. The second-order valence-corrected chi connectivity index (χ2v) is 9.35. The number of hydrogen-bond donors (Lipinski definition) is 3. The van der Waals surface area contributed by atoms with Gasteiger partial charge in [-0.3, -0.25) is 4.79 Å². The predicted octanol–water partition coefficient (Wildman–Crippen LogP) is 2.58. The molecular formula is C21H30N4O3S. The molecule has 4 rings (SSSR count). The van der Waals surface area contributed by atoms with E-state index in [2.05, 4.69) is 39.9 Å². The number of rotatable bonds is 7. The fraction of sp³-hybridized carbons (Fsp3) is 0.619. The quantitative estimate of drug-likeness (QED) is 0.468. The van der Waals surface area contributed by atoms with Gasteiger partial charge in [-0.25, -0.2) is 4.79 Å². The average Bonchev–Trinajstić information content (AvgIpc) is 3.26. The van der Waals surface area contributed by atoms with Gasteiger partial charge in [0.1, 0.15) is 0 Å². The largest absolute Gasteiger partial charge is 0.377 e. The van der Waals surface area contributed by atoms with Crippen LogP contribution in [0.2, 0.25) is 0 Å². The number of amides is 3. The van der Waals surface area contributed by atoms with Gasteiger partial charge < -0.3 is 25.6 Å². The summed E-state index contributed by atoms with van der Waals surface area (Å²) in [6, 6.07) is 8.91. The molecule has 29 heavy (non-hydrogen) atoms. The number of anilines is 2. The zero-order valence-corrected chi connectivity index (χ0v) is 17.7. The van der Waals surface area contributed by atoms with E-state index < -0.39 is 0 Å². The summed E-state index contributed by atoms with van der Waals surface area (Å²) in [5, 5.41) is 9.44. The molecule has 158 valence electrons. The molecule has 3 amide bonds. The number of carbonyl (C=O) groups is 2. The number of benzene rings is 1. The summed E-state index contributed by atoms with van der Waals surface area (Å²) >= 11 is 1.92. The van der Waals surface area contributed by atoms with Crippen molar-refractivity contribution in [1.29, 1.82) is 0 Å². The second-order valence-electron chi connectivity index (χ2n) is 8.08.